The minimum absolute atomic E-state index is 0.432. The molecule has 3 nitrogen and oxygen atoms in total. The van der Waals surface area contributed by atoms with Crippen molar-refractivity contribution in [3.63, 3.8) is 0 Å². The molecule has 1 fully saturated rings. The molecule has 1 aliphatic heterocycles. The third-order valence-corrected chi connectivity index (χ3v) is 7.29. The molecule has 0 aromatic carbocycles. The highest BCUT2D eigenvalue weighted by molar-refractivity contribution is 9.10. The molecule has 1 saturated heterocycles. The average molecular weight is 324 g/mol. The first-order valence-corrected chi connectivity index (χ1v) is 8.36. The van der Waals surface area contributed by atoms with E-state index in [1.165, 1.54) is 11.3 Å². The Morgan fingerprint density at radius 2 is 2.31 bits per heavy atom. The average Bonchev–Trinajstić information content (AvgIpc) is 2.65. The number of thiophene rings is 1. The molecule has 0 saturated carbocycles. The van der Waals surface area contributed by atoms with Crippen LogP contribution in [0, 0.1) is 5.92 Å². The fourth-order valence-corrected chi connectivity index (χ4v) is 5.99. The lowest BCUT2D eigenvalue weighted by Gasteiger charge is -2.29. The molecule has 0 N–H and O–H groups in total. The molecule has 1 aromatic rings. The lowest BCUT2D eigenvalue weighted by atomic mass is 10.0. The van der Waals surface area contributed by atoms with Crippen molar-refractivity contribution >= 4 is 37.3 Å². The molecular formula is C10H14BrNO2S2. The van der Waals surface area contributed by atoms with Gasteiger partial charge in [-0.2, -0.15) is 4.31 Å². The van der Waals surface area contributed by atoms with Crippen LogP contribution < -0.4 is 0 Å². The number of hydrogen-bond donors (Lipinski definition) is 0. The molecule has 2 heterocycles. The van der Waals surface area contributed by atoms with Crippen LogP contribution in [0.1, 0.15) is 19.8 Å². The number of rotatable bonds is 2. The Morgan fingerprint density at radius 1 is 1.56 bits per heavy atom. The summed E-state index contributed by atoms with van der Waals surface area (Å²) in [7, 11) is -3.28. The van der Waals surface area contributed by atoms with E-state index in [2.05, 4.69) is 22.9 Å². The van der Waals surface area contributed by atoms with E-state index < -0.39 is 10.0 Å². The Morgan fingerprint density at radius 3 is 2.88 bits per heavy atom. The van der Waals surface area contributed by atoms with Crippen molar-refractivity contribution in [1.82, 2.24) is 4.31 Å². The number of piperidine rings is 1. The van der Waals surface area contributed by atoms with Crippen molar-refractivity contribution in [3.05, 3.63) is 15.9 Å². The molecule has 0 aliphatic carbocycles. The molecule has 1 unspecified atom stereocenters. The zero-order valence-electron chi connectivity index (χ0n) is 9.02. The zero-order valence-corrected chi connectivity index (χ0v) is 12.2. The fourth-order valence-electron chi connectivity index (χ4n) is 1.95. The second kappa shape index (κ2) is 4.76. The summed E-state index contributed by atoms with van der Waals surface area (Å²) in [6, 6.07) is 1.78. The van der Waals surface area contributed by atoms with Gasteiger partial charge in [0.1, 0.15) is 4.21 Å². The highest BCUT2D eigenvalue weighted by atomic mass is 79.9. The van der Waals surface area contributed by atoms with Gasteiger partial charge in [-0.25, -0.2) is 8.42 Å². The minimum Gasteiger partial charge on any atom is -0.206 e. The second-order valence-corrected chi connectivity index (χ2v) is 8.07. The second-order valence-electron chi connectivity index (χ2n) is 4.17. The van der Waals surface area contributed by atoms with Crippen molar-refractivity contribution in [2.45, 2.75) is 24.0 Å². The van der Waals surface area contributed by atoms with E-state index in [1.54, 1.807) is 15.8 Å². The molecule has 1 atom stereocenters. The largest absolute Gasteiger partial charge is 0.253 e. The number of nitrogens with zero attached hydrogens (tertiary/aromatic N) is 1. The van der Waals surface area contributed by atoms with Gasteiger partial charge in [-0.05, 0) is 46.1 Å². The topological polar surface area (TPSA) is 37.4 Å². The van der Waals surface area contributed by atoms with E-state index in [0.717, 1.165) is 12.8 Å². The molecule has 6 heteroatoms. The van der Waals surface area contributed by atoms with Gasteiger partial charge in [-0.15, -0.1) is 11.3 Å². The van der Waals surface area contributed by atoms with E-state index in [4.69, 9.17) is 0 Å². The van der Waals surface area contributed by atoms with Crippen molar-refractivity contribution in [3.8, 4) is 0 Å². The van der Waals surface area contributed by atoms with Crippen molar-refractivity contribution in [1.29, 1.82) is 0 Å². The van der Waals surface area contributed by atoms with Gasteiger partial charge in [0, 0.05) is 17.6 Å². The van der Waals surface area contributed by atoms with Gasteiger partial charge in [-0.1, -0.05) is 6.92 Å². The molecular weight excluding hydrogens is 310 g/mol. The first kappa shape index (κ1) is 12.5. The van der Waals surface area contributed by atoms with Gasteiger partial charge in [0.25, 0.3) is 10.0 Å². The highest BCUT2D eigenvalue weighted by Gasteiger charge is 2.30. The molecule has 0 spiro atoms. The Bertz CT molecular complexity index is 469. The molecule has 2 rings (SSSR count). The Balaban J connectivity index is 2.29. The summed E-state index contributed by atoms with van der Waals surface area (Å²) in [5, 5.41) is 1.80. The number of hydrogen-bond acceptors (Lipinski definition) is 3. The first-order valence-electron chi connectivity index (χ1n) is 5.25. The summed E-state index contributed by atoms with van der Waals surface area (Å²) >= 11 is 4.56. The van der Waals surface area contributed by atoms with E-state index in [9.17, 15) is 8.42 Å². The van der Waals surface area contributed by atoms with Gasteiger partial charge < -0.3 is 0 Å². The van der Waals surface area contributed by atoms with Crippen LogP contribution >= 0.6 is 27.3 Å². The van der Waals surface area contributed by atoms with Gasteiger partial charge in [0.05, 0.1) is 0 Å². The van der Waals surface area contributed by atoms with Crippen LogP contribution in [0.4, 0.5) is 0 Å². The monoisotopic (exact) mass is 323 g/mol. The quantitative estimate of drug-likeness (QED) is 0.839. The Kier molecular flexibility index (Phi) is 3.73. The van der Waals surface area contributed by atoms with Gasteiger partial charge in [0.2, 0.25) is 0 Å². The molecule has 0 amide bonds. The summed E-state index contributed by atoms with van der Waals surface area (Å²) in [6.07, 6.45) is 2.08. The molecule has 0 bridgehead atoms. The summed E-state index contributed by atoms with van der Waals surface area (Å²) < 4.78 is 27.4. The number of halogens is 1. The molecule has 90 valence electrons. The maximum atomic E-state index is 12.3. The zero-order chi connectivity index (χ0) is 11.8. The van der Waals surface area contributed by atoms with Crippen molar-refractivity contribution < 1.29 is 8.42 Å². The van der Waals surface area contributed by atoms with Gasteiger partial charge >= 0.3 is 0 Å². The maximum absolute atomic E-state index is 12.3. The molecule has 0 radical (unpaired) electrons. The van der Waals surface area contributed by atoms with Crippen molar-refractivity contribution in [2.24, 2.45) is 5.92 Å². The van der Waals surface area contributed by atoms with Crippen LogP contribution in [0.5, 0.6) is 0 Å². The van der Waals surface area contributed by atoms with Crippen LogP contribution in [0.3, 0.4) is 0 Å². The van der Waals surface area contributed by atoms with Crippen molar-refractivity contribution in [2.75, 3.05) is 13.1 Å². The predicted molar refractivity (Wildman–Crippen MR) is 69.2 cm³/mol. The van der Waals surface area contributed by atoms with Crippen LogP contribution in [0.2, 0.25) is 0 Å². The lowest BCUT2D eigenvalue weighted by Crippen LogP contribution is -2.38. The smallest absolute Gasteiger partial charge is 0.206 e. The summed E-state index contributed by atoms with van der Waals surface area (Å²) in [4.78, 5) is 0. The standard InChI is InChI=1S/C10H14BrNO2S2/c1-8-3-2-5-12(7-8)16(13,14)10-9(11)4-6-15-10/h4,6,8H,2-3,5,7H2,1H3. The SMILES string of the molecule is CC1CCCN(S(=O)(=O)c2sccc2Br)C1. The van der Waals surface area contributed by atoms with Gasteiger partial charge in [0.15, 0.2) is 0 Å². The van der Waals surface area contributed by atoms with E-state index in [0.29, 0.717) is 27.7 Å². The van der Waals surface area contributed by atoms with E-state index in [-0.39, 0.29) is 0 Å². The lowest BCUT2D eigenvalue weighted by molar-refractivity contribution is 0.281. The Hall–Kier alpha value is 0.0900. The fraction of sp³-hybridized carbons (Fsp3) is 0.600. The van der Waals surface area contributed by atoms with Crippen LogP contribution in [0.15, 0.2) is 20.1 Å². The Labute approximate surface area is 109 Å². The molecule has 16 heavy (non-hydrogen) atoms. The third kappa shape index (κ3) is 2.34. The van der Waals surface area contributed by atoms with Gasteiger partial charge in [-0.3, -0.25) is 0 Å². The summed E-state index contributed by atoms with van der Waals surface area (Å²) in [5.74, 6) is 0.460. The van der Waals surface area contributed by atoms with E-state index >= 15 is 0 Å². The third-order valence-electron chi connectivity index (χ3n) is 2.78. The summed E-state index contributed by atoms with van der Waals surface area (Å²) in [6.45, 7) is 3.40. The first-order chi connectivity index (χ1) is 7.51. The van der Waals surface area contributed by atoms with Crippen LogP contribution in [-0.2, 0) is 10.0 Å². The highest BCUT2D eigenvalue weighted by Crippen LogP contribution is 2.32. The summed E-state index contributed by atoms with van der Waals surface area (Å²) in [5.41, 5.74) is 0. The maximum Gasteiger partial charge on any atom is 0.253 e. The van der Waals surface area contributed by atoms with E-state index in [1.807, 2.05) is 0 Å². The minimum atomic E-state index is -3.28. The van der Waals surface area contributed by atoms with Crippen LogP contribution in [0.25, 0.3) is 0 Å². The predicted octanol–water partition coefficient (Wildman–Crippen LogP) is 2.93. The normalized spacial score (nSPS) is 23.5. The molecule has 1 aromatic heterocycles. The van der Waals surface area contributed by atoms with Crippen LogP contribution in [-0.4, -0.2) is 25.8 Å². The molecule has 1 aliphatic rings. The number of sulfonamides is 1.